The van der Waals surface area contributed by atoms with Crippen LogP contribution in [0.5, 0.6) is 0 Å². The second-order valence-corrected chi connectivity index (χ2v) is 10.4. The maximum atomic E-state index is 8.66. The van der Waals surface area contributed by atoms with Crippen LogP contribution < -0.4 is 28.8 Å². The SMILES string of the molecule is N#Cc1cc[n+](Cc2ccccc2)cc1.N#Cc1cc[n+](Cc2ccccc2)cc1.N#Cc1cc[n+](Cc2ccccc2)cc1.[O-]B([O-])[O-]. The third-order valence-electron chi connectivity index (χ3n) is 6.68. The van der Waals surface area contributed by atoms with Gasteiger partial charge in [0.1, 0.15) is 0 Å². The van der Waals surface area contributed by atoms with Gasteiger partial charge in [0.2, 0.25) is 0 Å². The van der Waals surface area contributed by atoms with Crippen molar-refractivity contribution in [1.82, 2.24) is 0 Å². The van der Waals surface area contributed by atoms with E-state index >= 15 is 0 Å². The summed E-state index contributed by atoms with van der Waals surface area (Å²) in [5.41, 5.74) is 5.85. The molecule has 9 nitrogen and oxygen atoms in total. The number of rotatable bonds is 6. The maximum absolute atomic E-state index is 8.66. The van der Waals surface area contributed by atoms with Crippen LogP contribution in [0.4, 0.5) is 0 Å². The van der Waals surface area contributed by atoms with Crippen molar-refractivity contribution in [3.8, 4) is 18.2 Å². The molecule has 0 fully saturated rings. The van der Waals surface area contributed by atoms with Gasteiger partial charge in [0.05, 0.1) is 34.9 Å². The van der Waals surface area contributed by atoms with E-state index in [4.69, 9.17) is 30.9 Å². The first-order chi connectivity index (χ1) is 23.9. The van der Waals surface area contributed by atoms with Gasteiger partial charge in [0, 0.05) is 53.1 Å². The predicted molar refractivity (Wildman–Crippen MR) is 176 cm³/mol. The summed E-state index contributed by atoms with van der Waals surface area (Å²) >= 11 is 0. The van der Waals surface area contributed by atoms with Crippen molar-refractivity contribution in [3.05, 3.63) is 198 Å². The van der Waals surface area contributed by atoms with Gasteiger partial charge in [0.25, 0.3) is 0 Å². The Balaban J connectivity index is 0.000000188. The molecule has 3 aromatic carbocycles. The first-order valence-corrected chi connectivity index (χ1v) is 15.2. The number of nitriles is 3. The summed E-state index contributed by atoms with van der Waals surface area (Å²) in [5, 5.41) is 51.2. The Morgan fingerprint density at radius 3 is 0.776 bits per heavy atom. The fourth-order valence-corrected chi connectivity index (χ4v) is 4.29. The van der Waals surface area contributed by atoms with Crippen molar-refractivity contribution in [3.63, 3.8) is 0 Å². The molecular formula is C39H33BN6O3. The first-order valence-electron chi connectivity index (χ1n) is 15.2. The van der Waals surface area contributed by atoms with E-state index in [1.807, 2.05) is 128 Å². The summed E-state index contributed by atoms with van der Waals surface area (Å²) in [6.45, 7) is 2.52. The quantitative estimate of drug-likeness (QED) is 0.199. The van der Waals surface area contributed by atoms with Crippen LogP contribution in [0.15, 0.2) is 165 Å². The van der Waals surface area contributed by atoms with Crippen LogP contribution in [0.2, 0.25) is 0 Å². The highest BCUT2D eigenvalue weighted by atomic mass is 16.5. The van der Waals surface area contributed by atoms with Gasteiger partial charge in [-0.05, 0) is 0 Å². The van der Waals surface area contributed by atoms with E-state index in [-0.39, 0.29) is 0 Å². The molecule has 0 amide bonds. The fraction of sp³-hybridized carbons (Fsp3) is 0.0769. The zero-order valence-corrected chi connectivity index (χ0v) is 26.7. The van der Waals surface area contributed by atoms with Gasteiger partial charge in [-0.3, -0.25) is 7.32 Å². The van der Waals surface area contributed by atoms with Crippen LogP contribution in [-0.4, -0.2) is 7.32 Å². The molecule has 0 atom stereocenters. The van der Waals surface area contributed by atoms with Crippen molar-refractivity contribution >= 4 is 7.32 Å². The molecular weight excluding hydrogens is 611 g/mol. The smallest absolute Gasteiger partial charge is 0.173 e. The van der Waals surface area contributed by atoms with Crippen molar-refractivity contribution in [2.45, 2.75) is 19.6 Å². The minimum absolute atomic E-state index is 0.694. The van der Waals surface area contributed by atoms with Crippen molar-refractivity contribution < 1.29 is 28.8 Å². The van der Waals surface area contributed by atoms with E-state index in [2.05, 4.69) is 68.3 Å². The van der Waals surface area contributed by atoms with Gasteiger partial charge >= 0.3 is 0 Å². The number of pyridine rings is 3. The molecule has 0 aliphatic rings. The van der Waals surface area contributed by atoms with E-state index in [1.165, 1.54) is 16.7 Å². The van der Waals surface area contributed by atoms with E-state index in [0.29, 0.717) is 16.7 Å². The number of benzene rings is 3. The van der Waals surface area contributed by atoms with Gasteiger partial charge in [-0.2, -0.15) is 15.8 Å². The van der Waals surface area contributed by atoms with Crippen molar-refractivity contribution in [2.24, 2.45) is 0 Å². The lowest BCUT2D eigenvalue weighted by Crippen LogP contribution is -2.56. The van der Waals surface area contributed by atoms with E-state index in [9.17, 15) is 0 Å². The molecule has 0 aliphatic carbocycles. The number of aromatic nitrogens is 3. The Labute approximate surface area is 287 Å². The average molecular weight is 645 g/mol. The lowest BCUT2D eigenvalue weighted by molar-refractivity contribution is -0.688. The molecule has 0 unspecified atom stereocenters. The summed E-state index contributed by atoms with van der Waals surface area (Å²) in [6, 6.07) is 48.0. The Kier molecular flexibility index (Phi) is 16.1. The number of hydrogen-bond acceptors (Lipinski definition) is 6. The molecule has 6 aromatic rings. The summed E-state index contributed by atoms with van der Waals surface area (Å²) in [7, 11) is -2.92. The highest BCUT2D eigenvalue weighted by Gasteiger charge is 2.03. The van der Waals surface area contributed by atoms with E-state index in [0.717, 1.165) is 19.6 Å². The molecule has 0 saturated heterocycles. The summed E-state index contributed by atoms with van der Waals surface area (Å²) in [4.78, 5) is 0. The summed E-state index contributed by atoms with van der Waals surface area (Å²) in [6.07, 6.45) is 11.5. The Bertz CT molecular complexity index is 1690. The normalized spacial score (nSPS) is 9.31. The van der Waals surface area contributed by atoms with Crippen LogP contribution in [0.25, 0.3) is 0 Å². The van der Waals surface area contributed by atoms with Gasteiger partial charge < -0.3 is 15.1 Å². The van der Waals surface area contributed by atoms with Crippen LogP contribution in [0, 0.1) is 34.0 Å². The van der Waals surface area contributed by atoms with Crippen LogP contribution >= 0.6 is 0 Å². The third kappa shape index (κ3) is 15.1. The second-order valence-electron chi connectivity index (χ2n) is 10.4. The molecule has 3 heterocycles. The molecule has 0 saturated carbocycles. The van der Waals surface area contributed by atoms with Gasteiger partial charge in [-0.15, -0.1) is 0 Å². The molecule has 240 valence electrons. The number of nitrogens with zero attached hydrogens (tertiary/aromatic N) is 6. The topological polar surface area (TPSA) is 152 Å². The molecule has 3 aromatic heterocycles. The lowest BCUT2D eigenvalue weighted by atomic mass is 10.2. The second kappa shape index (κ2) is 21.3. The van der Waals surface area contributed by atoms with E-state index < -0.39 is 7.32 Å². The van der Waals surface area contributed by atoms with E-state index in [1.54, 1.807) is 0 Å². The summed E-state index contributed by atoms with van der Waals surface area (Å²) in [5.74, 6) is 0. The highest BCUT2D eigenvalue weighted by Crippen LogP contribution is 2.00. The Morgan fingerprint density at radius 2 is 0.592 bits per heavy atom. The molecule has 0 bridgehead atoms. The van der Waals surface area contributed by atoms with Crippen LogP contribution in [0.3, 0.4) is 0 Å². The molecule has 49 heavy (non-hydrogen) atoms. The first kappa shape index (κ1) is 37.0. The highest BCUT2D eigenvalue weighted by molar-refractivity contribution is 6.24. The molecule has 0 N–H and O–H groups in total. The van der Waals surface area contributed by atoms with Crippen LogP contribution in [0.1, 0.15) is 33.4 Å². The number of hydrogen-bond donors (Lipinski definition) is 0. The lowest BCUT2D eigenvalue weighted by Gasteiger charge is -2.35. The minimum atomic E-state index is -2.92. The largest absolute Gasteiger partial charge is 0.907 e. The predicted octanol–water partition coefficient (Wildman–Crippen LogP) is 1.73. The third-order valence-corrected chi connectivity index (χ3v) is 6.68. The summed E-state index contributed by atoms with van der Waals surface area (Å²) < 4.78 is 6.16. The standard InChI is InChI=1S/3C13H11N2.BO3/c3*14-10-12-6-8-15(9-7-12)11-13-4-2-1-3-5-13;2-1(3)4/h3*1-9H,11H2;/q3*+1;-3. The average Bonchev–Trinajstić information content (AvgIpc) is 3.14. The zero-order valence-electron chi connectivity index (χ0n) is 26.7. The Morgan fingerprint density at radius 1 is 0.388 bits per heavy atom. The van der Waals surface area contributed by atoms with Crippen LogP contribution in [-0.2, 0) is 19.6 Å². The van der Waals surface area contributed by atoms with Gasteiger partial charge in [0.15, 0.2) is 56.8 Å². The maximum Gasteiger partial charge on any atom is 0.173 e. The molecule has 0 spiro atoms. The monoisotopic (exact) mass is 644 g/mol. The fourth-order valence-electron chi connectivity index (χ4n) is 4.29. The molecule has 10 heteroatoms. The molecule has 0 radical (unpaired) electrons. The Hall–Kier alpha value is -6.48. The molecule has 6 rings (SSSR count). The van der Waals surface area contributed by atoms with Gasteiger partial charge in [-0.25, -0.2) is 13.7 Å². The molecule has 0 aliphatic heterocycles. The van der Waals surface area contributed by atoms with Crippen molar-refractivity contribution in [2.75, 3.05) is 0 Å². The zero-order chi connectivity index (χ0) is 35.1. The van der Waals surface area contributed by atoms with Gasteiger partial charge in [-0.1, -0.05) is 91.0 Å². The minimum Gasteiger partial charge on any atom is -0.907 e. The van der Waals surface area contributed by atoms with Crippen molar-refractivity contribution in [1.29, 1.82) is 15.8 Å².